The van der Waals surface area contributed by atoms with Crippen molar-refractivity contribution < 1.29 is 18.7 Å². The van der Waals surface area contributed by atoms with Crippen LogP contribution in [0.1, 0.15) is 18.1 Å². The first-order valence-corrected chi connectivity index (χ1v) is 8.87. The fraction of sp³-hybridized carbons (Fsp3) is 0.263. The van der Waals surface area contributed by atoms with Crippen LogP contribution in [0.5, 0.6) is 0 Å². The molecule has 0 aromatic heterocycles. The lowest BCUT2D eigenvalue weighted by Crippen LogP contribution is -2.39. The summed E-state index contributed by atoms with van der Waals surface area (Å²) in [6.07, 6.45) is -0.303. The van der Waals surface area contributed by atoms with Crippen LogP contribution >= 0.6 is 11.8 Å². The zero-order valence-corrected chi connectivity index (χ0v) is 14.7. The molecule has 1 N–H and O–H groups in total. The quantitative estimate of drug-likeness (QED) is 0.811. The fourth-order valence-electron chi connectivity index (χ4n) is 2.23. The molecular formula is C19H20FNO3S. The minimum absolute atomic E-state index is 0.0574. The Labute approximate surface area is 150 Å². The van der Waals surface area contributed by atoms with Crippen LogP contribution in [0.15, 0.2) is 54.6 Å². The number of thioether (sulfide) groups is 1. The van der Waals surface area contributed by atoms with E-state index in [1.54, 1.807) is 18.2 Å². The molecule has 0 aliphatic carbocycles. The normalized spacial score (nSPS) is 11.6. The fourth-order valence-corrected chi connectivity index (χ4v) is 2.87. The van der Waals surface area contributed by atoms with Gasteiger partial charge in [-0.3, -0.25) is 4.79 Å². The van der Waals surface area contributed by atoms with E-state index in [2.05, 4.69) is 5.32 Å². The molecule has 0 unspecified atom stereocenters. The number of ether oxygens (including phenoxy) is 1. The molecule has 0 aliphatic heterocycles. The van der Waals surface area contributed by atoms with Crippen LogP contribution in [0, 0.1) is 5.82 Å². The van der Waals surface area contributed by atoms with Gasteiger partial charge < -0.3 is 10.1 Å². The summed E-state index contributed by atoms with van der Waals surface area (Å²) in [6.45, 7) is 1.61. The first-order chi connectivity index (χ1) is 12.0. The number of halogens is 1. The summed E-state index contributed by atoms with van der Waals surface area (Å²) in [6, 6.07) is 15.3. The Hall–Kier alpha value is -2.34. The van der Waals surface area contributed by atoms with Gasteiger partial charge in [0.1, 0.15) is 12.4 Å². The van der Waals surface area contributed by atoms with Gasteiger partial charge in [-0.15, -0.1) is 0 Å². The minimum atomic E-state index is -0.589. The first kappa shape index (κ1) is 19.0. The highest BCUT2D eigenvalue weighted by Crippen LogP contribution is 2.13. The van der Waals surface area contributed by atoms with Crippen LogP contribution in [0.25, 0.3) is 0 Å². The van der Waals surface area contributed by atoms with Crippen molar-refractivity contribution in [2.45, 2.75) is 26.0 Å². The molecule has 132 valence electrons. The molecule has 6 heteroatoms. The van der Waals surface area contributed by atoms with Crippen molar-refractivity contribution in [3.8, 4) is 0 Å². The van der Waals surface area contributed by atoms with E-state index in [4.69, 9.17) is 4.74 Å². The van der Waals surface area contributed by atoms with Gasteiger partial charge in [0.25, 0.3) is 0 Å². The van der Waals surface area contributed by atoms with Crippen LogP contribution < -0.4 is 5.32 Å². The maximum Gasteiger partial charge on any atom is 0.407 e. The highest BCUT2D eigenvalue weighted by molar-refractivity contribution is 8.13. The molecule has 1 amide bonds. The molecule has 0 radical (unpaired) electrons. The third-order valence-corrected chi connectivity index (χ3v) is 4.42. The predicted molar refractivity (Wildman–Crippen MR) is 96.8 cm³/mol. The Morgan fingerprint density at radius 3 is 2.48 bits per heavy atom. The van der Waals surface area contributed by atoms with E-state index in [0.717, 1.165) is 17.3 Å². The number of carbonyl (C=O) groups is 2. The van der Waals surface area contributed by atoms with E-state index >= 15 is 0 Å². The second kappa shape index (κ2) is 9.84. The predicted octanol–water partition coefficient (Wildman–Crippen LogP) is 3.94. The average molecular weight is 361 g/mol. The summed E-state index contributed by atoms with van der Waals surface area (Å²) in [5.74, 6) is 0.0178. The van der Waals surface area contributed by atoms with Crippen LogP contribution in [0.3, 0.4) is 0 Å². The zero-order valence-electron chi connectivity index (χ0n) is 13.9. The number of rotatable bonds is 7. The van der Waals surface area contributed by atoms with Gasteiger partial charge in [-0.2, -0.15) is 0 Å². The maximum absolute atomic E-state index is 13.8. The largest absolute Gasteiger partial charge is 0.445 e. The number of hydrogen-bond acceptors (Lipinski definition) is 4. The van der Waals surface area contributed by atoms with E-state index in [9.17, 15) is 14.0 Å². The molecule has 2 aromatic rings. The first-order valence-electron chi connectivity index (χ1n) is 7.88. The van der Waals surface area contributed by atoms with E-state index < -0.39 is 12.1 Å². The number of alkyl carbamates (subject to hydrolysis) is 1. The van der Waals surface area contributed by atoms with Crippen molar-refractivity contribution in [1.29, 1.82) is 0 Å². The van der Waals surface area contributed by atoms with Crippen molar-refractivity contribution >= 4 is 23.0 Å². The lowest BCUT2D eigenvalue weighted by molar-refractivity contribution is -0.109. The summed E-state index contributed by atoms with van der Waals surface area (Å²) in [5.41, 5.74) is 1.36. The van der Waals surface area contributed by atoms with Gasteiger partial charge in [-0.25, -0.2) is 9.18 Å². The van der Waals surface area contributed by atoms with Gasteiger partial charge in [0, 0.05) is 18.7 Å². The number of benzene rings is 2. The second-order valence-electron chi connectivity index (χ2n) is 5.50. The summed E-state index contributed by atoms with van der Waals surface area (Å²) in [7, 11) is 0. The zero-order chi connectivity index (χ0) is 18.1. The molecule has 0 aliphatic rings. The van der Waals surface area contributed by atoms with Crippen LogP contribution in [0.2, 0.25) is 0 Å². The highest BCUT2D eigenvalue weighted by Gasteiger charge is 2.17. The molecule has 0 saturated heterocycles. The third-order valence-electron chi connectivity index (χ3n) is 3.45. The van der Waals surface area contributed by atoms with Gasteiger partial charge >= 0.3 is 6.09 Å². The Kier molecular flexibility index (Phi) is 7.47. The molecule has 2 rings (SSSR count). The van der Waals surface area contributed by atoms with E-state index in [-0.39, 0.29) is 24.0 Å². The van der Waals surface area contributed by atoms with E-state index in [1.807, 2.05) is 30.3 Å². The topological polar surface area (TPSA) is 55.4 Å². The van der Waals surface area contributed by atoms with Crippen molar-refractivity contribution in [2.24, 2.45) is 0 Å². The number of nitrogens with one attached hydrogen (secondary N) is 1. The molecule has 1 atom stereocenters. The average Bonchev–Trinajstić information content (AvgIpc) is 2.60. The smallest absolute Gasteiger partial charge is 0.407 e. The summed E-state index contributed by atoms with van der Waals surface area (Å²) < 4.78 is 19.0. The van der Waals surface area contributed by atoms with Gasteiger partial charge in [0.15, 0.2) is 5.12 Å². The van der Waals surface area contributed by atoms with Crippen LogP contribution in [0.4, 0.5) is 9.18 Å². The Balaban J connectivity index is 1.93. The molecule has 0 heterocycles. The molecule has 2 aromatic carbocycles. The monoisotopic (exact) mass is 361 g/mol. The molecule has 4 nitrogen and oxygen atoms in total. The van der Waals surface area contributed by atoms with E-state index in [1.165, 1.54) is 13.0 Å². The number of carbonyl (C=O) groups excluding carboxylic acids is 2. The van der Waals surface area contributed by atoms with Gasteiger partial charge in [0.05, 0.1) is 0 Å². The molecule has 0 bridgehead atoms. The number of amides is 1. The molecule has 0 fully saturated rings. The number of hydrogen-bond donors (Lipinski definition) is 1. The third kappa shape index (κ3) is 6.97. The second-order valence-corrected chi connectivity index (χ2v) is 6.70. The van der Waals surface area contributed by atoms with Crippen LogP contribution in [-0.2, 0) is 22.6 Å². The molecule has 0 saturated carbocycles. The lowest BCUT2D eigenvalue weighted by Gasteiger charge is -2.18. The van der Waals surface area contributed by atoms with Crippen molar-refractivity contribution in [2.75, 3.05) is 5.75 Å². The van der Waals surface area contributed by atoms with Gasteiger partial charge in [-0.05, 0) is 23.6 Å². The standard InChI is InChI=1S/C19H20FNO3S/c1-14(22)25-13-17(11-16-9-5-6-10-18(16)20)21-19(23)24-12-15-7-3-2-4-8-15/h2-10,17H,11-13H2,1H3,(H,21,23)/t17-/m0/s1. The molecule has 25 heavy (non-hydrogen) atoms. The lowest BCUT2D eigenvalue weighted by atomic mass is 10.1. The highest BCUT2D eigenvalue weighted by atomic mass is 32.2. The SMILES string of the molecule is CC(=O)SC[C@H](Cc1ccccc1F)NC(=O)OCc1ccccc1. The summed E-state index contributed by atoms with van der Waals surface area (Å²) in [5, 5.41) is 2.66. The Morgan fingerprint density at radius 2 is 1.80 bits per heavy atom. The maximum atomic E-state index is 13.8. The van der Waals surface area contributed by atoms with Gasteiger partial charge in [0.2, 0.25) is 0 Å². The van der Waals surface area contributed by atoms with Crippen molar-refractivity contribution in [1.82, 2.24) is 5.32 Å². The summed E-state index contributed by atoms with van der Waals surface area (Å²) >= 11 is 1.09. The van der Waals surface area contributed by atoms with Gasteiger partial charge in [-0.1, -0.05) is 60.3 Å². The van der Waals surface area contributed by atoms with Crippen molar-refractivity contribution in [3.63, 3.8) is 0 Å². The van der Waals surface area contributed by atoms with Crippen LogP contribution in [-0.4, -0.2) is 23.0 Å². The Bertz CT molecular complexity index is 709. The van der Waals surface area contributed by atoms with E-state index in [0.29, 0.717) is 11.3 Å². The molecule has 0 spiro atoms. The Morgan fingerprint density at radius 1 is 1.12 bits per heavy atom. The molecular weight excluding hydrogens is 341 g/mol. The van der Waals surface area contributed by atoms with Crippen molar-refractivity contribution in [3.05, 3.63) is 71.5 Å². The minimum Gasteiger partial charge on any atom is -0.445 e. The summed E-state index contributed by atoms with van der Waals surface area (Å²) in [4.78, 5) is 23.2.